The third-order valence-corrected chi connectivity index (χ3v) is 0.436. The van der Waals surface area contributed by atoms with Gasteiger partial charge in [0.05, 0.1) is 0 Å². The van der Waals surface area contributed by atoms with Gasteiger partial charge in [0, 0.05) is 0 Å². The number of rotatable bonds is 0. The van der Waals surface area contributed by atoms with E-state index in [0.29, 0.717) is 0 Å². The van der Waals surface area contributed by atoms with Gasteiger partial charge in [0.25, 0.3) is 0 Å². The van der Waals surface area contributed by atoms with Gasteiger partial charge >= 0.3 is 12.1 Å². The molecule has 0 aromatic heterocycles. The van der Waals surface area contributed by atoms with Crippen LogP contribution in [0.15, 0.2) is 4.99 Å². The molecule has 4 amide bonds. The molecule has 0 atom stereocenters. The smallest absolute Gasteiger partial charge is 0.350 e. The number of hydrazine groups is 1. The van der Waals surface area contributed by atoms with Crippen molar-refractivity contribution >= 4 is 18.8 Å². The molecule has 0 radical (unpaired) electrons. The van der Waals surface area contributed by atoms with E-state index in [-0.39, 0.29) is 0 Å². The van der Waals surface area contributed by atoms with Gasteiger partial charge in [-0.1, -0.05) is 0 Å². The second kappa shape index (κ2) is 3.42. The fourth-order valence-corrected chi connectivity index (χ4v) is 0.155. The van der Waals surface area contributed by atoms with Gasteiger partial charge in [0.2, 0.25) is 0 Å². The molecule has 0 bridgehead atoms. The van der Waals surface area contributed by atoms with Crippen LogP contribution in [0.3, 0.4) is 0 Å². The predicted octanol–water partition coefficient (Wildman–Crippen LogP) is -1.02. The zero-order valence-electron chi connectivity index (χ0n) is 4.55. The average molecular weight is 130 g/mol. The summed E-state index contributed by atoms with van der Waals surface area (Å²) in [4.78, 5) is 22.8. The maximum Gasteiger partial charge on any atom is 0.359 e. The Morgan fingerprint density at radius 3 is 2.33 bits per heavy atom. The van der Waals surface area contributed by atoms with Crippen LogP contribution in [0, 0.1) is 0 Å². The predicted molar refractivity (Wildman–Crippen MR) is 30.8 cm³/mol. The highest BCUT2D eigenvalue weighted by molar-refractivity contribution is 5.81. The van der Waals surface area contributed by atoms with E-state index in [1.807, 2.05) is 5.43 Å². The van der Waals surface area contributed by atoms with E-state index in [1.165, 1.54) is 0 Å². The van der Waals surface area contributed by atoms with Crippen molar-refractivity contribution in [3.05, 3.63) is 0 Å². The molecular formula is C3H6N4O2. The van der Waals surface area contributed by atoms with Gasteiger partial charge in [-0.25, -0.2) is 25.4 Å². The van der Waals surface area contributed by atoms with Crippen molar-refractivity contribution in [1.82, 2.24) is 10.9 Å². The van der Waals surface area contributed by atoms with Crippen molar-refractivity contribution in [2.75, 3.05) is 0 Å². The van der Waals surface area contributed by atoms with Crippen LogP contribution in [0.1, 0.15) is 0 Å². The number of amides is 4. The summed E-state index contributed by atoms with van der Waals surface area (Å²) in [5.41, 5.74) is 8.21. The highest BCUT2D eigenvalue weighted by Crippen LogP contribution is 1.63. The van der Waals surface area contributed by atoms with Crippen LogP contribution in [0.2, 0.25) is 0 Å². The van der Waals surface area contributed by atoms with Crippen molar-refractivity contribution in [2.45, 2.75) is 0 Å². The molecule has 0 spiro atoms. The molecule has 0 unspecified atom stereocenters. The number of nitrogens with one attached hydrogen (secondary N) is 2. The molecule has 0 aliphatic carbocycles. The van der Waals surface area contributed by atoms with Crippen molar-refractivity contribution in [3.63, 3.8) is 0 Å². The molecule has 0 rings (SSSR count). The molecule has 0 saturated heterocycles. The number of hydrogen-bond acceptors (Lipinski definition) is 2. The van der Waals surface area contributed by atoms with Crippen molar-refractivity contribution in [1.29, 1.82) is 0 Å². The summed E-state index contributed by atoms with van der Waals surface area (Å²) in [7, 11) is 0. The number of carbonyl (C=O) groups is 2. The summed E-state index contributed by atoms with van der Waals surface area (Å²) in [5, 5.41) is 0. The normalized spacial score (nSPS) is 7.56. The Morgan fingerprint density at radius 2 is 2.00 bits per heavy atom. The van der Waals surface area contributed by atoms with Crippen LogP contribution in [-0.2, 0) is 0 Å². The molecule has 50 valence electrons. The lowest BCUT2D eigenvalue weighted by molar-refractivity contribution is 0.233. The van der Waals surface area contributed by atoms with Crippen molar-refractivity contribution < 1.29 is 9.59 Å². The quantitative estimate of drug-likeness (QED) is 0.289. The van der Waals surface area contributed by atoms with Gasteiger partial charge in [0.1, 0.15) is 0 Å². The molecule has 6 nitrogen and oxygen atoms in total. The first-order chi connectivity index (χ1) is 4.16. The van der Waals surface area contributed by atoms with E-state index in [2.05, 4.69) is 17.4 Å². The lowest BCUT2D eigenvalue weighted by atomic mass is 11.0. The molecule has 0 aromatic rings. The van der Waals surface area contributed by atoms with Crippen LogP contribution < -0.4 is 16.6 Å². The van der Waals surface area contributed by atoms with Crippen molar-refractivity contribution in [3.8, 4) is 0 Å². The SMILES string of the molecule is C=NC(=O)NNC(N)=O. The molecule has 6 heteroatoms. The number of urea groups is 2. The molecule has 0 aliphatic heterocycles. The lowest BCUT2D eigenvalue weighted by Crippen LogP contribution is -2.43. The Labute approximate surface area is 51.1 Å². The minimum Gasteiger partial charge on any atom is -0.350 e. The summed E-state index contributed by atoms with van der Waals surface area (Å²) < 4.78 is 0. The summed E-state index contributed by atoms with van der Waals surface area (Å²) in [6.07, 6.45) is 0. The first-order valence-corrected chi connectivity index (χ1v) is 1.99. The number of aliphatic imine (C=N–C) groups is 1. The molecule has 0 fully saturated rings. The fraction of sp³-hybridized carbons (Fsp3) is 0. The zero-order chi connectivity index (χ0) is 7.28. The summed E-state index contributed by atoms with van der Waals surface area (Å²) in [6.45, 7) is 2.88. The van der Waals surface area contributed by atoms with Gasteiger partial charge in [-0.2, -0.15) is 0 Å². The highest BCUT2D eigenvalue weighted by atomic mass is 16.2. The fourth-order valence-electron chi connectivity index (χ4n) is 0.155. The van der Waals surface area contributed by atoms with E-state index in [0.717, 1.165) is 0 Å². The third kappa shape index (κ3) is 4.26. The van der Waals surface area contributed by atoms with E-state index < -0.39 is 12.1 Å². The number of nitrogens with two attached hydrogens (primary N) is 1. The monoisotopic (exact) mass is 130 g/mol. The van der Waals surface area contributed by atoms with E-state index in [9.17, 15) is 9.59 Å². The lowest BCUT2D eigenvalue weighted by Gasteiger charge is -1.97. The Bertz CT molecular complexity index is 143. The second-order valence-electron chi connectivity index (χ2n) is 1.08. The van der Waals surface area contributed by atoms with Crippen LogP contribution in [0.5, 0.6) is 0 Å². The standard InChI is InChI=1S/C3H6N4O2/c1-5-3(9)7-6-2(4)8/h1H2,(H,7,9)(H3,4,6,8). The van der Waals surface area contributed by atoms with E-state index in [4.69, 9.17) is 0 Å². The van der Waals surface area contributed by atoms with E-state index >= 15 is 0 Å². The summed E-state index contributed by atoms with van der Waals surface area (Å²) in [5.74, 6) is 0. The minimum absolute atomic E-state index is 0.756. The molecule has 0 aliphatic rings. The molecule has 0 aromatic carbocycles. The summed E-state index contributed by atoms with van der Waals surface area (Å²) in [6, 6.07) is -1.61. The van der Waals surface area contributed by atoms with Gasteiger partial charge in [-0.05, 0) is 6.72 Å². The summed E-state index contributed by atoms with van der Waals surface area (Å²) >= 11 is 0. The Morgan fingerprint density at radius 1 is 1.44 bits per heavy atom. The first kappa shape index (κ1) is 7.41. The minimum atomic E-state index is -0.855. The maximum absolute atomic E-state index is 10.1. The topological polar surface area (TPSA) is 96.6 Å². The third-order valence-electron chi connectivity index (χ3n) is 0.436. The molecule has 9 heavy (non-hydrogen) atoms. The van der Waals surface area contributed by atoms with Crippen LogP contribution in [0.25, 0.3) is 0 Å². The average Bonchev–Trinajstić information content (AvgIpc) is 1.83. The molecular weight excluding hydrogens is 124 g/mol. The number of carbonyl (C=O) groups excluding carboxylic acids is 2. The van der Waals surface area contributed by atoms with Crippen LogP contribution in [0.4, 0.5) is 9.59 Å². The highest BCUT2D eigenvalue weighted by Gasteiger charge is 1.93. The van der Waals surface area contributed by atoms with Crippen LogP contribution in [-0.4, -0.2) is 18.8 Å². The second-order valence-corrected chi connectivity index (χ2v) is 1.08. The Balaban J connectivity index is 3.39. The van der Waals surface area contributed by atoms with Gasteiger partial charge in [-0.15, -0.1) is 0 Å². The molecule has 4 N–H and O–H groups in total. The van der Waals surface area contributed by atoms with Crippen molar-refractivity contribution in [2.24, 2.45) is 10.7 Å². The number of primary amides is 1. The zero-order valence-corrected chi connectivity index (χ0v) is 4.55. The maximum atomic E-state index is 10.1. The molecule has 0 saturated carbocycles. The Kier molecular flexibility index (Phi) is 2.81. The van der Waals surface area contributed by atoms with Gasteiger partial charge in [0.15, 0.2) is 0 Å². The van der Waals surface area contributed by atoms with Gasteiger partial charge < -0.3 is 5.73 Å². The first-order valence-electron chi connectivity index (χ1n) is 1.99. The Hall–Kier alpha value is -1.59. The molecule has 0 heterocycles. The number of hydrogen-bond donors (Lipinski definition) is 3. The van der Waals surface area contributed by atoms with E-state index in [1.54, 1.807) is 5.43 Å². The van der Waals surface area contributed by atoms with Gasteiger partial charge in [-0.3, -0.25) is 0 Å². The van der Waals surface area contributed by atoms with Crippen LogP contribution >= 0.6 is 0 Å². The largest absolute Gasteiger partial charge is 0.359 e. The number of nitrogens with zero attached hydrogens (tertiary/aromatic N) is 1.